The van der Waals surface area contributed by atoms with Crippen LogP contribution in [0.1, 0.15) is 21.8 Å². The van der Waals surface area contributed by atoms with E-state index >= 15 is 0 Å². The number of allylic oxidation sites excluding steroid dienone is 6. The molecule has 0 unspecified atom stereocenters. The van der Waals surface area contributed by atoms with Gasteiger partial charge in [0.15, 0.2) is 5.69 Å². The fourth-order valence-corrected chi connectivity index (χ4v) is 3.43. The lowest BCUT2D eigenvalue weighted by atomic mass is 10.0. The average molecular weight is 392 g/mol. The number of nitrogens with zero attached hydrogens (tertiary/aromatic N) is 2. The summed E-state index contributed by atoms with van der Waals surface area (Å²) in [6, 6.07) is 7.32. The third-order valence-electron chi connectivity index (χ3n) is 4.97. The number of para-hydroxylation sites is 1. The summed E-state index contributed by atoms with van der Waals surface area (Å²) in [6.07, 6.45) is 9.21. The lowest BCUT2D eigenvalue weighted by molar-refractivity contribution is -0.121. The van der Waals surface area contributed by atoms with Crippen LogP contribution in [0.2, 0.25) is 0 Å². The molecule has 1 aromatic carbocycles. The molecule has 29 heavy (non-hydrogen) atoms. The molecule has 0 fully saturated rings. The summed E-state index contributed by atoms with van der Waals surface area (Å²) in [5.41, 5.74) is 2.35. The molecule has 0 saturated carbocycles. The number of alkyl halides is 1. The molecule has 1 aliphatic carbocycles. The fourth-order valence-electron chi connectivity index (χ4n) is 3.43. The summed E-state index contributed by atoms with van der Waals surface area (Å²) in [4.78, 5) is 26.7. The largest absolute Gasteiger partial charge is 0.360 e. The molecule has 1 aliphatic heterocycles. The molecule has 6 nitrogen and oxygen atoms in total. The predicted octanol–water partition coefficient (Wildman–Crippen LogP) is 2.73. The fraction of sp³-hybridized carbons (Fsp3) is 0.227. The molecule has 2 aromatic rings. The first-order valence-electron chi connectivity index (χ1n) is 9.24. The molecule has 1 N–H and O–H groups in total. The van der Waals surface area contributed by atoms with Gasteiger partial charge >= 0.3 is 0 Å². The highest BCUT2D eigenvalue weighted by atomic mass is 19.1. The van der Waals surface area contributed by atoms with Crippen molar-refractivity contribution in [2.75, 3.05) is 11.9 Å². The van der Waals surface area contributed by atoms with Crippen LogP contribution in [0.4, 0.5) is 10.1 Å². The maximum absolute atomic E-state index is 14.9. The monoisotopic (exact) mass is 392 g/mol. The molecule has 0 radical (unpaired) electrons. The molecule has 1 aromatic heterocycles. The third-order valence-corrected chi connectivity index (χ3v) is 4.97. The summed E-state index contributed by atoms with van der Waals surface area (Å²) in [5.74, 6) is -0.670. The lowest BCUT2D eigenvalue weighted by Crippen LogP contribution is -2.51. The number of amides is 2. The minimum absolute atomic E-state index is 0.00640. The first-order chi connectivity index (χ1) is 14.0. The Morgan fingerprint density at radius 3 is 3.03 bits per heavy atom. The number of hydrogen-bond acceptors (Lipinski definition) is 4. The number of halogens is 1. The topological polar surface area (TPSA) is 75.4 Å². The standard InChI is InChI=1S/C22H18FN3O3/c1-26-19-10-6-5-9-15(19)12-17(23)20(22(26)28)24-21(27)18-13-16(29-25-18)11-14-7-3-2-4-8-14/h3-10,13,17,20H,11-12H2,1H3/p+1/t17-,20+/m1/s1. The van der Waals surface area contributed by atoms with Crippen molar-refractivity contribution >= 4 is 17.5 Å². The predicted molar refractivity (Wildman–Crippen MR) is 105 cm³/mol. The van der Waals surface area contributed by atoms with Crippen molar-refractivity contribution in [2.24, 2.45) is 0 Å². The molecular weight excluding hydrogens is 373 g/mol. The number of hydrogen-bond donors (Lipinski definition) is 1. The molecular formula is C22H19FN3O3+. The number of carbonyl (C=O) groups excluding carboxylic acids is 2. The quantitative estimate of drug-likeness (QED) is 0.812. The first-order valence-corrected chi connectivity index (χ1v) is 9.24. The van der Waals surface area contributed by atoms with Crippen LogP contribution in [0.5, 0.6) is 0 Å². The molecule has 2 atom stereocenters. The summed E-state index contributed by atoms with van der Waals surface area (Å²) < 4.78 is 20.1. The Morgan fingerprint density at radius 1 is 1.41 bits per heavy atom. The van der Waals surface area contributed by atoms with Gasteiger partial charge in [-0.1, -0.05) is 23.4 Å². The molecule has 0 spiro atoms. The summed E-state index contributed by atoms with van der Waals surface area (Å²) in [5, 5.41) is 6.25. The van der Waals surface area contributed by atoms with E-state index < -0.39 is 24.0 Å². The molecule has 2 aliphatic rings. The van der Waals surface area contributed by atoms with Crippen molar-refractivity contribution < 1.29 is 18.5 Å². The molecule has 146 valence electrons. The minimum atomic E-state index is -1.55. The van der Waals surface area contributed by atoms with Crippen LogP contribution in [0.3, 0.4) is 0 Å². The van der Waals surface area contributed by atoms with Gasteiger partial charge < -0.3 is 14.7 Å². The SMILES string of the molecule is CN1C(=O)[C@@H](NC(=O)c2cc(CC3=CC=[C+]C=C3)on2)[C@H](F)Cc2ccccc21. The number of aromatic nitrogens is 1. The van der Waals surface area contributed by atoms with E-state index in [0.29, 0.717) is 17.9 Å². The summed E-state index contributed by atoms with van der Waals surface area (Å²) >= 11 is 0. The second-order valence-corrected chi connectivity index (χ2v) is 6.96. The van der Waals surface area contributed by atoms with Crippen LogP contribution < -0.4 is 10.2 Å². The second-order valence-electron chi connectivity index (χ2n) is 6.96. The molecule has 2 heterocycles. The maximum atomic E-state index is 14.9. The van der Waals surface area contributed by atoms with Crippen LogP contribution in [-0.2, 0) is 17.6 Å². The number of carbonyl (C=O) groups is 2. The van der Waals surface area contributed by atoms with Gasteiger partial charge in [-0.25, -0.2) is 4.39 Å². The van der Waals surface area contributed by atoms with E-state index in [1.165, 1.54) is 11.0 Å². The zero-order valence-corrected chi connectivity index (χ0v) is 15.8. The van der Waals surface area contributed by atoms with Gasteiger partial charge in [0.2, 0.25) is 0 Å². The van der Waals surface area contributed by atoms with E-state index in [-0.39, 0.29) is 12.1 Å². The van der Waals surface area contributed by atoms with Crippen molar-refractivity contribution in [3.63, 3.8) is 0 Å². The van der Waals surface area contributed by atoms with Gasteiger partial charge in [0.25, 0.3) is 11.8 Å². The highest BCUT2D eigenvalue weighted by Crippen LogP contribution is 2.27. The van der Waals surface area contributed by atoms with E-state index in [4.69, 9.17) is 4.52 Å². The van der Waals surface area contributed by atoms with Crippen LogP contribution in [-0.4, -0.2) is 36.2 Å². The van der Waals surface area contributed by atoms with Crippen LogP contribution >= 0.6 is 0 Å². The van der Waals surface area contributed by atoms with Gasteiger partial charge in [-0.3, -0.25) is 9.59 Å². The number of nitrogens with one attached hydrogen (secondary N) is 1. The minimum Gasteiger partial charge on any atom is -0.360 e. The van der Waals surface area contributed by atoms with E-state index in [2.05, 4.69) is 16.5 Å². The van der Waals surface area contributed by atoms with E-state index in [9.17, 15) is 14.0 Å². The Kier molecular flexibility index (Phi) is 5.06. The lowest BCUT2D eigenvalue weighted by Gasteiger charge is -2.22. The third kappa shape index (κ3) is 3.86. The van der Waals surface area contributed by atoms with Gasteiger partial charge in [-0.15, -0.1) is 0 Å². The van der Waals surface area contributed by atoms with Crippen molar-refractivity contribution in [1.29, 1.82) is 0 Å². The maximum Gasteiger partial charge on any atom is 0.274 e. The molecule has 2 amide bonds. The van der Waals surface area contributed by atoms with Gasteiger partial charge in [-0.2, -0.15) is 0 Å². The van der Waals surface area contributed by atoms with Crippen molar-refractivity contribution in [1.82, 2.24) is 10.5 Å². The summed E-state index contributed by atoms with van der Waals surface area (Å²) in [7, 11) is 1.57. The van der Waals surface area contributed by atoms with Gasteiger partial charge in [0.05, 0.1) is 24.1 Å². The zero-order valence-electron chi connectivity index (χ0n) is 15.8. The molecule has 0 saturated heterocycles. The Bertz CT molecular complexity index is 1040. The smallest absolute Gasteiger partial charge is 0.274 e. The van der Waals surface area contributed by atoms with Crippen LogP contribution in [0, 0.1) is 6.08 Å². The number of likely N-dealkylation sites (N-methyl/N-ethyl adjacent to an activating group) is 1. The first kappa shape index (κ1) is 18.8. The Balaban J connectivity index is 1.48. The van der Waals surface area contributed by atoms with E-state index in [0.717, 1.165) is 11.1 Å². The Labute approximate surface area is 167 Å². The summed E-state index contributed by atoms with van der Waals surface area (Å²) in [6.45, 7) is 0. The Morgan fingerprint density at radius 2 is 2.24 bits per heavy atom. The van der Waals surface area contributed by atoms with Crippen molar-refractivity contribution in [2.45, 2.75) is 25.1 Å². The van der Waals surface area contributed by atoms with Crippen molar-refractivity contribution in [3.05, 3.63) is 83.3 Å². The van der Waals surface area contributed by atoms with E-state index in [1.54, 1.807) is 43.5 Å². The van der Waals surface area contributed by atoms with Gasteiger partial charge in [-0.05, 0) is 11.6 Å². The molecule has 4 rings (SSSR count). The normalized spacial score (nSPS) is 20.6. The van der Waals surface area contributed by atoms with Gasteiger partial charge in [0.1, 0.15) is 30.1 Å². The number of rotatable bonds is 4. The molecule has 0 bridgehead atoms. The number of anilines is 1. The molecule has 7 heteroatoms. The van der Waals surface area contributed by atoms with E-state index in [1.807, 2.05) is 12.2 Å². The zero-order chi connectivity index (χ0) is 20.4. The Hall–Kier alpha value is -3.57. The highest BCUT2D eigenvalue weighted by Gasteiger charge is 2.37. The number of benzene rings is 1. The van der Waals surface area contributed by atoms with Crippen molar-refractivity contribution in [3.8, 4) is 0 Å². The average Bonchev–Trinajstić information content (AvgIpc) is 3.17. The van der Waals surface area contributed by atoms with Crippen LogP contribution in [0.15, 0.2) is 64.7 Å². The number of fused-ring (bicyclic) bond motifs is 1. The second kappa shape index (κ2) is 7.81. The highest BCUT2D eigenvalue weighted by molar-refractivity contribution is 6.02. The van der Waals surface area contributed by atoms with Gasteiger partial charge in [0, 0.05) is 31.3 Å². The van der Waals surface area contributed by atoms with Crippen LogP contribution in [0.25, 0.3) is 0 Å².